The van der Waals surface area contributed by atoms with Gasteiger partial charge in [-0.3, -0.25) is 85.4 Å². The van der Waals surface area contributed by atoms with Gasteiger partial charge in [0.15, 0.2) is 0 Å². The molecule has 0 saturated heterocycles. The van der Waals surface area contributed by atoms with Crippen LogP contribution in [0.1, 0.15) is 336 Å². The number of allylic oxidation sites excluding steroid dienone is 2. The first-order valence-corrected chi connectivity index (χ1v) is 51.9. The number of alkyl halides is 1. The molecule has 0 unspecified atom stereocenters. The molecule has 0 saturated carbocycles. The lowest BCUT2D eigenvalue weighted by Crippen LogP contribution is -2.37. The molecule has 12 aromatic carbocycles. The van der Waals surface area contributed by atoms with Crippen molar-refractivity contribution in [2.75, 3.05) is 5.33 Å². The van der Waals surface area contributed by atoms with Crippen LogP contribution in [0.15, 0.2) is 156 Å². The monoisotopic (exact) mass is 1850 g/mol. The predicted molar refractivity (Wildman–Crippen MR) is 565 cm³/mol. The zero-order valence-electron chi connectivity index (χ0n) is 79.5. The first kappa shape index (κ1) is 95.2. The van der Waals surface area contributed by atoms with Gasteiger partial charge in [0.1, 0.15) is 0 Å². The first-order valence-electron chi connectivity index (χ1n) is 50.8. The molecule has 6 aromatic heterocycles. The van der Waals surface area contributed by atoms with Crippen LogP contribution < -0.4 is 66.7 Å². The van der Waals surface area contributed by atoms with Crippen LogP contribution in [-0.2, 0) is 6.54 Å². The Morgan fingerprint density at radius 2 is 0.421 bits per heavy atom. The molecule has 133 heavy (non-hydrogen) atoms. The summed E-state index contributed by atoms with van der Waals surface area (Å²) in [5, 5.41) is 17.4. The second-order valence-electron chi connectivity index (χ2n) is 38.6. The number of nitrogens with zero attached hydrogens (tertiary/aromatic N) is 5. The third kappa shape index (κ3) is 16.7. The predicted octanol–water partition coefficient (Wildman–Crippen LogP) is 26.5. The Hall–Kier alpha value is -10.9. The molecule has 0 atom stereocenters. The average molecular weight is 1860 g/mol. The van der Waals surface area contributed by atoms with Crippen LogP contribution in [0.25, 0.3) is 172 Å². The van der Waals surface area contributed by atoms with Crippen LogP contribution in [0.2, 0.25) is 0 Å². The minimum absolute atomic E-state index is 0.0150. The summed E-state index contributed by atoms with van der Waals surface area (Å²) in [6, 6.07) is 21.0. The third-order valence-corrected chi connectivity index (χ3v) is 30.4. The zero-order chi connectivity index (χ0) is 93.9. The number of nitrogens with one attached hydrogen (secondary N) is 1. The lowest BCUT2D eigenvalue weighted by atomic mass is 9.81. The summed E-state index contributed by atoms with van der Waals surface area (Å²) in [5.41, 5.74) is -4.78. The van der Waals surface area contributed by atoms with E-state index in [0.717, 1.165) is 284 Å². The quantitative estimate of drug-likeness (QED) is 0.0123. The maximum Gasteiger partial charge on any atom is 0.262 e. The highest BCUT2D eigenvalue weighted by Gasteiger charge is 2.35. The number of unbranched alkanes of at least 4 members (excludes halogenated alkanes) is 24. The molecule has 0 fully saturated rings. The lowest BCUT2D eigenvalue weighted by molar-refractivity contribution is 0.384. The maximum absolute atomic E-state index is 15.2. The zero-order valence-corrected chi connectivity index (χ0v) is 81.1. The standard InChI is InChI=1S/C57H65N3O6.C54H61N3O6.C3H5Br/c1-6-11-15-19-23-34(24-20-16-12-7-2)59-52(61)38-29-27-36-37-28-30-39-45-43(55(64)60(53(39)62)35(25-21-17-13-8-3)26-22-18-14-9-4)33-41-49(47(37)45)48-40(32-42(54(59)63)44(38)46(36)48)50-51(41)57(66)58(31-10-5)56(50)65;1-5-9-13-17-21-31(22-18-14-10-6-2)56-51(60)35-27-25-33-34-26-28-36-42-40(54(63)57(52(36)61)32(23-19-15-11-7-3)24-20-16-12-8-4)30-38-46(44(34)42)45-37(47-48(38)50(59)55-49(47)58)29-39(53(56)62)41(35)43(33)45;1-2-3-4/h10,27-30,32-35H,5-9,11-26,31H2,1-4H3;25-32H,5-24H2,1-4H3,(H,55,58,59);2H,1,3H2. The fraction of sp³-hybridized carbons (Fsp3) is 0.474. The van der Waals surface area contributed by atoms with Crippen molar-refractivity contribution < 1.29 is 0 Å². The molecule has 0 aliphatic rings. The van der Waals surface area contributed by atoms with E-state index in [1.165, 1.54) is 28.9 Å². The van der Waals surface area contributed by atoms with Crippen LogP contribution >= 0.6 is 15.9 Å². The molecule has 6 heterocycles. The van der Waals surface area contributed by atoms with Crippen molar-refractivity contribution in [3.05, 3.63) is 222 Å². The van der Waals surface area contributed by atoms with Crippen LogP contribution in [-0.4, -0.2) is 33.1 Å². The highest BCUT2D eigenvalue weighted by molar-refractivity contribution is 9.09. The highest BCUT2D eigenvalue weighted by atomic mass is 79.9. The summed E-state index contributed by atoms with van der Waals surface area (Å²) in [6.45, 7) is 24.6. The second-order valence-corrected chi connectivity index (χ2v) is 39.2. The number of hydrogen-bond donors (Lipinski definition) is 1. The highest BCUT2D eigenvalue weighted by Crippen LogP contribution is 2.53. The number of benzene rings is 12. The van der Waals surface area contributed by atoms with E-state index < -0.39 is 22.2 Å². The van der Waals surface area contributed by atoms with Crippen LogP contribution in [0, 0.1) is 0 Å². The minimum atomic E-state index is -0.558. The van der Waals surface area contributed by atoms with E-state index >= 15 is 19.2 Å². The van der Waals surface area contributed by atoms with Gasteiger partial charge in [-0.05, 0) is 186 Å². The molecular weight excluding hydrogens is 1730 g/mol. The molecule has 1 N–H and O–H groups in total. The van der Waals surface area contributed by atoms with Gasteiger partial charge in [0.25, 0.3) is 66.7 Å². The topological polar surface area (TPSA) is 245 Å². The van der Waals surface area contributed by atoms with Crippen molar-refractivity contribution in [1.82, 2.24) is 27.8 Å². The summed E-state index contributed by atoms with van der Waals surface area (Å²) < 4.78 is 7.20. The Labute approximate surface area is 781 Å². The van der Waals surface area contributed by atoms with Crippen molar-refractivity contribution in [2.45, 2.75) is 343 Å². The molecule has 0 aliphatic heterocycles. The average Bonchev–Trinajstić information content (AvgIpc) is 1.63. The summed E-state index contributed by atoms with van der Waals surface area (Å²) in [5.74, 6) is 0. The van der Waals surface area contributed by atoms with E-state index in [4.69, 9.17) is 0 Å². The largest absolute Gasteiger partial charge is 0.288 e. The number of pyridine rings is 4. The van der Waals surface area contributed by atoms with Gasteiger partial charge in [0, 0.05) is 101 Å². The number of aromatic amines is 1. The molecule has 0 spiro atoms. The number of fused-ring (bicyclic) bond motifs is 8. The summed E-state index contributed by atoms with van der Waals surface area (Å²) in [4.78, 5) is 180. The molecule has 0 radical (unpaired) electrons. The maximum atomic E-state index is 15.2. The fourth-order valence-electron chi connectivity index (χ4n) is 23.5. The van der Waals surface area contributed by atoms with E-state index in [1.54, 1.807) is 30.3 Å². The van der Waals surface area contributed by atoms with Gasteiger partial charge in [-0.15, -0.1) is 13.2 Å². The van der Waals surface area contributed by atoms with E-state index in [2.05, 4.69) is 89.5 Å². The van der Waals surface area contributed by atoms with Crippen LogP contribution in [0.3, 0.4) is 0 Å². The molecule has 18 rings (SSSR count). The Morgan fingerprint density at radius 3 is 0.617 bits per heavy atom. The Morgan fingerprint density at radius 1 is 0.233 bits per heavy atom. The third-order valence-electron chi connectivity index (χ3n) is 30.0. The van der Waals surface area contributed by atoms with Crippen molar-refractivity contribution in [3.63, 3.8) is 0 Å². The number of aromatic nitrogens is 6. The summed E-state index contributed by atoms with van der Waals surface area (Å²) >= 11 is 3.13. The van der Waals surface area contributed by atoms with Gasteiger partial charge in [-0.25, -0.2) is 0 Å². The van der Waals surface area contributed by atoms with Crippen LogP contribution in [0.4, 0.5) is 0 Å². The molecular formula is C114H131BrN6O12. The number of hydrogen-bond acceptors (Lipinski definition) is 12. The van der Waals surface area contributed by atoms with E-state index in [0.29, 0.717) is 129 Å². The van der Waals surface area contributed by atoms with Crippen molar-refractivity contribution in [1.29, 1.82) is 0 Å². The molecule has 0 aliphatic carbocycles. The normalized spacial score (nSPS) is 12.5. The van der Waals surface area contributed by atoms with Crippen molar-refractivity contribution in [2.24, 2.45) is 0 Å². The van der Waals surface area contributed by atoms with Crippen molar-refractivity contribution in [3.8, 4) is 0 Å². The first-order chi connectivity index (χ1) is 64.7. The summed E-state index contributed by atoms with van der Waals surface area (Å²) in [6.07, 6.45) is 42.1. The van der Waals surface area contributed by atoms with Crippen LogP contribution in [0.5, 0.6) is 0 Å². The molecule has 0 bridgehead atoms. The van der Waals surface area contributed by atoms with Gasteiger partial charge in [-0.1, -0.05) is 313 Å². The van der Waals surface area contributed by atoms with Gasteiger partial charge in [0.2, 0.25) is 0 Å². The molecule has 18 aromatic rings. The fourth-order valence-corrected chi connectivity index (χ4v) is 23.5. The van der Waals surface area contributed by atoms with Crippen molar-refractivity contribution >= 4 is 188 Å². The number of H-pyrrole nitrogens is 1. The number of rotatable bonds is 47. The van der Waals surface area contributed by atoms with E-state index in [1.807, 2.05) is 48.5 Å². The Bertz CT molecular complexity index is 7560. The smallest absolute Gasteiger partial charge is 0.262 e. The number of halogens is 1. The van der Waals surface area contributed by atoms with Gasteiger partial charge >= 0.3 is 0 Å². The van der Waals surface area contributed by atoms with Gasteiger partial charge in [0.05, 0.1) is 21.5 Å². The molecule has 19 heteroatoms. The lowest BCUT2D eigenvalue weighted by Gasteiger charge is -2.24. The SMILES string of the molecule is C=CCBr.C=CCn1c(=O)c2c3cc4c(=O)n(C(CCCCCC)CCCCCC)c(=O)c5ccc6c7ccc8c(=O)n(C(CCCCCC)CCCCCC)c(=O)c9cc(c2c1=O)c(c7c89)c3c6c54.CCCCCCC(CCCCCC)n1c(=O)c2ccc3c4ccc5c(=O)n(C(CCCCCC)CCCCCC)c(=O)c6cc7c8c(=O)[nH]c(=O)c8c8cc(c1=O)c2c3c8c7c4c56. The Kier molecular flexibility index (Phi) is 29.7. The van der Waals surface area contributed by atoms with E-state index in [-0.39, 0.29) is 96.7 Å². The van der Waals surface area contributed by atoms with Gasteiger partial charge < -0.3 is 0 Å². The second kappa shape index (κ2) is 41.5. The summed E-state index contributed by atoms with van der Waals surface area (Å²) in [7, 11) is 0. The minimum Gasteiger partial charge on any atom is -0.288 e. The van der Waals surface area contributed by atoms with E-state index in [9.17, 15) is 38.4 Å². The molecule has 696 valence electrons. The molecule has 18 nitrogen and oxygen atoms in total. The van der Waals surface area contributed by atoms with Gasteiger partial charge in [-0.2, -0.15) is 0 Å². The Balaban J connectivity index is 0.000000186. The molecule has 0 amide bonds.